The molecule has 5 nitrogen and oxygen atoms in total. The zero-order valence-corrected chi connectivity index (χ0v) is 17.1. The number of likely N-dealkylation sites (tertiary alicyclic amines) is 1. The quantitative estimate of drug-likeness (QED) is 0.785. The third-order valence-corrected chi connectivity index (χ3v) is 6.15. The second kappa shape index (κ2) is 8.80. The molecule has 3 heterocycles. The molecule has 2 fully saturated rings. The first kappa shape index (κ1) is 19.7. The SMILES string of the molecule is CCC1CCCCN1C(=O)c1ccc(N2CCN(c3ccccc3F)CC2)nc1. The number of carbonyl (C=O) groups excluding carboxylic acids is 1. The molecular formula is C23H29FN4O. The van der Waals surface area contributed by atoms with E-state index in [9.17, 15) is 9.18 Å². The van der Waals surface area contributed by atoms with Crippen LogP contribution in [0.15, 0.2) is 42.6 Å². The van der Waals surface area contributed by atoms with Crippen LogP contribution >= 0.6 is 0 Å². The van der Waals surface area contributed by atoms with E-state index in [4.69, 9.17) is 0 Å². The lowest BCUT2D eigenvalue weighted by Gasteiger charge is -2.37. The van der Waals surface area contributed by atoms with Gasteiger partial charge in [0.1, 0.15) is 11.6 Å². The summed E-state index contributed by atoms with van der Waals surface area (Å²) in [5, 5.41) is 0. The second-order valence-corrected chi connectivity index (χ2v) is 7.89. The number of benzene rings is 1. The van der Waals surface area contributed by atoms with Crippen molar-refractivity contribution in [1.29, 1.82) is 0 Å². The number of anilines is 2. The van der Waals surface area contributed by atoms with Gasteiger partial charge in [0.05, 0.1) is 11.3 Å². The van der Waals surface area contributed by atoms with Gasteiger partial charge in [-0.25, -0.2) is 9.37 Å². The summed E-state index contributed by atoms with van der Waals surface area (Å²) in [6, 6.07) is 11.1. The Kier molecular flexibility index (Phi) is 5.97. The fourth-order valence-corrected chi connectivity index (χ4v) is 4.44. The van der Waals surface area contributed by atoms with Crippen molar-refractivity contribution in [1.82, 2.24) is 9.88 Å². The van der Waals surface area contributed by atoms with Crippen LogP contribution in [0.3, 0.4) is 0 Å². The smallest absolute Gasteiger partial charge is 0.255 e. The van der Waals surface area contributed by atoms with Crippen molar-refractivity contribution in [2.45, 2.75) is 38.6 Å². The lowest BCUT2D eigenvalue weighted by molar-refractivity contribution is 0.0607. The number of amides is 1. The molecule has 154 valence electrons. The monoisotopic (exact) mass is 396 g/mol. The van der Waals surface area contributed by atoms with E-state index >= 15 is 0 Å². The van der Waals surface area contributed by atoms with Crippen LogP contribution < -0.4 is 9.80 Å². The van der Waals surface area contributed by atoms with Gasteiger partial charge in [-0.2, -0.15) is 0 Å². The molecule has 0 radical (unpaired) electrons. The minimum Gasteiger partial charge on any atom is -0.366 e. The number of halogens is 1. The Labute approximate surface area is 172 Å². The summed E-state index contributed by atoms with van der Waals surface area (Å²) in [7, 11) is 0. The van der Waals surface area contributed by atoms with Gasteiger partial charge in [0.15, 0.2) is 0 Å². The van der Waals surface area contributed by atoms with E-state index in [0.717, 1.165) is 57.8 Å². The molecule has 1 aromatic carbocycles. The van der Waals surface area contributed by atoms with Gasteiger partial charge in [-0.15, -0.1) is 0 Å². The molecule has 1 unspecified atom stereocenters. The zero-order valence-electron chi connectivity index (χ0n) is 17.1. The van der Waals surface area contributed by atoms with E-state index in [0.29, 0.717) is 17.3 Å². The molecule has 2 aromatic rings. The molecule has 29 heavy (non-hydrogen) atoms. The Morgan fingerprint density at radius 1 is 1.03 bits per heavy atom. The third-order valence-electron chi connectivity index (χ3n) is 6.15. The van der Waals surface area contributed by atoms with Crippen molar-refractivity contribution >= 4 is 17.4 Å². The van der Waals surface area contributed by atoms with Gasteiger partial charge < -0.3 is 14.7 Å². The van der Waals surface area contributed by atoms with Crippen LogP contribution in [-0.4, -0.2) is 54.6 Å². The highest BCUT2D eigenvalue weighted by molar-refractivity contribution is 5.94. The number of piperidine rings is 1. The molecule has 0 bridgehead atoms. The van der Waals surface area contributed by atoms with Crippen molar-refractivity contribution in [3.05, 3.63) is 54.0 Å². The normalized spacial score (nSPS) is 20.1. The first-order chi connectivity index (χ1) is 14.2. The van der Waals surface area contributed by atoms with E-state index in [1.165, 1.54) is 12.5 Å². The van der Waals surface area contributed by atoms with Crippen LogP contribution in [0.2, 0.25) is 0 Å². The Morgan fingerprint density at radius 3 is 2.48 bits per heavy atom. The Bertz CT molecular complexity index is 833. The highest BCUT2D eigenvalue weighted by Crippen LogP contribution is 2.24. The molecule has 1 atom stereocenters. The molecule has 4 rings (SSSR count). The number of carbonyl (C=O) groups is 1. The fourth-order valence-electron chi connectivity index (χ4n) is 4.44. The van der Waals surface area contributed by atoms with Gasteiger partial charge in [-0.1, -0.05) is 19.1 Å². The van der Waals surface area contributed by atoms with Gasteiger partial charge in [0.25, 0.3) is 5.91 Å². The van der Waals surface area contributed by atoms with Crippen molar-refractivity contribution in [2.75, 3.05) is 42.5 Å². The third kappa shape index (κ3) is 4.21. The first-order valence-electron chi connectivity index (χ1n) is 10.7. The van der Waals surface area contributed by atoms with E-state index in [1.807, 2.05) is 29.2 Å². The summed E-state index contributed by atoms with van der Waals surface area (Å²) in [6.45, 7) is 6.04. The highest BCUT2D eigenvalue weighted by Gasteiger charge is 2.27. The average molecular weight is 397 g/mol. The summed E-state index contributed by atoms with van der Waals surface area (Å²) < 4.78 is 14.0. The molecule has 0 spiro atoms. The standard InChI is InChI=1S/C23H29FN4O/c1-2-19-7-5-6-12-28(19)23(29)18-10-11-22(25-17-18)27-15-13-26(14-16-27)21-9-4-3-8-20(21)24/h3-4,8-11,17,19H,2,5-7,12-16H2,1H3. The molecule has 2 aliphatic heterocycles. The van der Waals surface area contributed by atoms with Gasteiger partial charge >= 0.3 is 0 Å². The van der Waals surface area contributed by atoms with Crippen molar-refractivity contribution in [2.24, 2.45) is 0 Å². The maximum absolute atomic E-state index is 14.0. The Hall–Kier alpha value is -2.63. The lowest BCUT2D eigenvalue weighted by atomic mass is 9.99. The first-order valence-corrected chi connectivity index (χ1v) is 10.7. The maximum Gasteiger partial charge on any atom is 0.255 e. The van der Waals surface area contributed by atoms with Crippen molar-refractivity contribution in [3.8, 4) is 0 Å². The number of hydrogen-bond donors (Lipinski definition) is 0. The summed E-state index contributed by atoms with van der Waals surface area (Å²) in [5.41, 5.74) is 1.33. The molecule has 1 aromatic heterocycles. The van der Waals surface area contributed by atoms with Crippen LogP contribution in [-0.2, 0) is 0 Å². The van der Waals surface area contributed by atoms with Crippen molar-refractivity contribution < 1.29 is 9.18 Å². The number of hydrogen-bond acceptors (Lipinski definition) is 4. The molecule has 2 aliphatic rings. The number of para-hydroxylation sites is 1. The highest BCUT2D eigenvalue weighted by atomic mass is 19.1. The number of piperazine rings is 1. The number of aromatic nitrogens is 1. The van der Waals surface area contributed by atoms with Crippen LogP contribution in [0.25, 0.3) is 0 Å². The zero-order chi connectivity index (χ0) is 20.2. The average Bonchev–Trinajstić information content (AvgIpc) is 2.79. The van der Waals surface area contributed by atoms with E-state index < -0.39 is 0 Å². The van der Waals surface area contributed by atoms with Crippen LogP contribution in [0, 0.1) is 5.82 Å². The molecule has 1 amide bonds. The predicted molar refractivity (Wildman–Crippen MR) is 114 cm³/mol. The van der Waals surface area contributed by atoms with E-state index in [-0.39, 0.29) is 11.7 Å². The van der Waals surface area contributed by atoms with Gasteiger partial charge in [-0.3, -0.25) is 4.79 Å². The van der Waals surface area contributed by atoms with Gasteiger partial charge in [0.2, 0.25) is 0 Å². The summed E-state index contributed by atoms with van der Waals surface area (Å²) in [4.78, 5) is 23.8. The maximum atomic E-state index is 14.0. The minimum absolute atomic E-state index is 0.0972. The largest absolute Gasteiger partial charge is 0.366 e. The summed E-state index contributed by atoms with van der Waals surface area (Å²) in [5.74, 6) is 0.797. The summed E-state index contributed by atoms with van der Waals surface area (Å²) in [6.07, 6.45) is 6.10. The molecular weight excluding hydrogens is 367 g/mol. The van der Waals surface area contributed by atoms with Gasteiger partial charge in [0, 0.05) is 45.0 Å². The fraction of sp³-hybridized carbons (Fsp3) is 0.478. The molecule has 2 saturated heterocycles. The van der Waals surface area contributed by atoms with E-state index in [1.54, 1.807) is 12.3 Å². The summed E-state index contributed by atoms with van der Waals surface area (Å²) >= 11 is 0. The van der Waals surface area contributed by atoms with E-state index in [2.05, 4.69) is 21.7 Å². The predicted octanol–water partition coefficient (Wildman–Crippen LogP) is 3.95. The molecule has 6 heteroatoms. The topological polar surface area (TPSA) is 39.7 Å². The lowest BCUT2D eigenvalue weighted by Crippen LogP contribution is -2.47. The number of pyridine rings is 1. The Balaban J connectivity index is 1.39. The van der Waals surface area contributed by atoms with Crippen LogP contribution in [0.1, 0.15) is 43.0 Å². The van der Waals surface area contributed by atoms with Crippen LogP contribution in [0.5, 0.6) is 0 Å². The number of rotatable bonds is 4. The molecule has 0 saturated carbocycles. The Morgan fingerprint density at radius 2 is 1.79 bits per heavy atom. The van der Waals surface area contributed by atoms with Crippen LogP contribution in [0.4, 0.5) is 15.9 Å². The molecule has 0 aliphatic carbocycles. The minimum atomic E-state index is -0.176. The second-order valence-electron chi connectivity index (χ2n) is 7.89. The van der Waals surface area contributed by atoms with Crippen molar-refractivity contribution in [3.63, 3.8) is 0 Å². The molecule has 0 N–H and O–H groups in total. The number of nitrogens with zero attached hydrogens (tertiary/aromatic N) is 4. The van der Waals surface area contributed by atoms with Gasteiger partial charge in [-0.05, 0) is 49.9 Å².